The van der Waals surface area contributed by atoms with Gasteiger partial charge in [0.1, 0.15) is 5.82 Å². The maximum absolute atomic E-state index is 13.4. The Morgan fingerprint density at radius 1 is 1.03 bits per heavy atom. The lowest BCUT2D eigenvalue weighted by molar-refractivity contribution is 0.180. The summed E-state index contributed by atoms with van der Waals surface area (Å²) in [6.45, 7) is 5.21. The molecule has 0 fully saturated rings. The Morgan fingerprint density at radius 2 is 1.75 bits per heavy atom. The molecule has 6 heteroatoms. The Hall–Kier alpha value is -3.80. The minimum absolute atomic E-state index is 0.0619. The molecule has 1 atom stereocenters. The molecule has 3 heterocycles. The number of aromatic nitrogens is 3. The van der Waals surface area contributed by atoms with Crippen LogP contribution in [-0.2, 0) is 6.54 Å². The Morgan fingerprint density at radius 3 is 2.47 bits per heavy atom. The van der Waals surface area contributed by atoms with Crippen LogP contribution in [0.1, 0.15) is 41.9 Å². The van der Waals surface area contributed by atoms with E-state index in [0.29, 0.717) is 13.1 Å². The van der Waals surface area contributed by atoms with Gasteiger partial charge >= 0.3 is 6.03 Å². The zero-order valence-corrected chi connectivity index (χ0v) is 18.4. The largest absolute Gasteiger partial charge is 0.338 e. The fourth-order valence-corrected chi connectivity index (χ4v) is 4.47. The van der Waals surface area contributed by atoms with Crippen LogP contribution in [0, 0.1) is 6.92 Å². The first-order valence-corrected chi connectivity index (χ1v) is 11.1. The van der Waals surface area contributed by atoms with Gasteiger partial charge in [-0.15, -0.1) is 0 Å². The first-order chi connectivity index (χ1) is 15.7. The van der Waals surface area contributed by atoms with Crippen molar-refractivity contribution in [2.45, 2.75) is 32.9 Å². The molecule has 2 aromatic heterocycles. The highest BCUT2D eigenvalue weighted by molar-refractivity contribution is 5.76. The number of fused-ring (bicyclic) bond motifs is 3. The summed E-state index contributed by atoms with van der Waals surface area (Å²) in [4.78, 5) is 15.3. The summed E-state index contributed by atoms with van der Waals surface area (Å²) < 4.78 is 4.18. The highest BCUT2D eigenvalue weighted by Gasteiger charge is 2.35. The Balaban J connectivity index is 1.73. The Labute approximate surface area is 188 Å². The number of nitrogens with one attached hydrogen (secondary N) is 1. The number of para-hydroxylation sites is 1. The van der Waals surface area contributed by atoms with E-state index in [9.17, 15) is 4.79 Å². The minimum atomic E-state index is -0.209. The monoisotopic (exact) mass is 425 g/mol. The molecule has 2 amide bonds. The maximum atomic E-state index is 13.4. The maximum Gasteiger partial charge on any atom is 0.318 e. The Kier molecular flexibility index (Phi) is 5.27. The highest BCUT2D eigenvalue weighted by Crippen LogP contribution is 2.38. The van der Waals surface area contributed by atoms with Gasteiger partial charge in [0, 0.05) is 18.3 Å². The number of carbonyl (C=O) groups excluding carboxylic acids is 1. The zero-order chi connectivity index (χ0) is 22.1. The summed E-state index contributed by atoms with van der Waals surface area (Å²) >= 11 is 0. The van der Waals surface area contributed by atoms with E-state index in [1.807, 2.05) is 59.0 Å². The van der Waals surface area contributed by atoms with Crippen molar-refractivity contribution < 1.29 is 4.79 Å². The molecule has 0 aliphatic carbocycles. The molecule has 1 aliphatic heterocycles. The van der Waals surface area contributed by atoms with Crippen molar-refractivity contribution in [3.8, 4) is 11.5 Å². The van der Waals surface area contributed by atoms with Crippen LogP contribution in [0.4, 0.5) is 4.79 Å². The smallest absolute Gasteiger partial charge is 0.318 e. The second-order valence-electron chi connectivity index (χ2n) is 8.11. The van der Waals surface area contributed by atoms with E-state index >= 15 is 0 Å². The number of aryl methyl sites for hydroxylation is 1. The second-order valence-corrected chi connectivity index (χ2v) is 8.11. The molecule has 0 radical (unpaired) electrons. The molecule has 162 valence electrons. The molecule has 4 aromatic rings. The number of benzene rings is 2. The van der Waals surface area contributed by atoms with Crippen molar-refractivity contribution in [2.75, 3.05) is 6.54 Å². The van der Waals surface area contributed by atoms with Gasteiger partial charge in [-0.1, -0.05) is 55.5 Å². The molecular weight excluding hydrogens is 398 g/mol. The molecule has 1 aliphatic rings. The molecule has 5 rings (SSSR count). The van der Waals surface area contributed by atoms with E-state index in [4.69, 9.17) is 5.10 Å². The number of nitrogens with zero attached hydrogens (tertiary/aromatic N) is 4. The number of rotatable bonds is 4. The van der Waals surface area contributed by atoms with Crippen LogP contribution in [-0.4, -0.2) is 31.8 Å². The van der Waals surface area contributed by atoms with Gasteiger partial charge in [-0.3, -0.25) is 0 Å². The van der Waals surface area contributed by atoms with Gasteiger partial charge in [-0.05, 0) is 43.2 Å². The zero-order valence-electron chi connectivity index (χ0n) is 18.4. The predicted octanol–water partition coefficient (Wildman–Crippen LogP) is 5.00. The summed E-state index contributed by atoms with van der Waals surface area (Å²) in [5, 5.41) is 7.97. The van der Waals surface area contributed by atoms with Gasteiger partial charge in [0.15, 0.2) is 0 Å². The minimum Gasteiger partial charge on any atom is -0.338 e. The molecule has 0 unspecified atom stereocenters. The third-order valence-electron chi connectivity index (χ3n) is 5.99. The van der Waals surface area contributed by atoms with Gasteiger partial charge in [-0.25, -0.2) is 9.48 Å². The van der Waals surface area contributed by atoms with Crippen molar-refractivity contribution in [1.29, 1.82) is 0 Å². The summed E-state index contributed by atoms with van der Waals surface area (Å²) in [5.41, 5.74) is 5.10. The fraction of sp³-hybridized carbons (Fsp3) is 0.231. The quantitative estimate of drug-likeness (QED) is 0.500. The lowest BCUT2D eigenvalue weighted by Gasteiger charge is -2.31. The van der Waals surface area contributed by atoms with Crippen LogP contribution in [0.3, 0.4) is 0 Å². The average Bonchev–Trinajstić information content (AvgIpc) is 3.39. The standard InChI is InChI=1S/C26H27N5O/c1-3-16-27-26(32)30-18-22-19(2)28-31(21-13-8-5-9-14-21)25(22)29-17-10-15-23(29)24(30)20-11-6-4-7-12-20/h4-15,17,24H,3,16,18H2,1-2H3,(H,27,32)/t24-/m0/s1. The summed E-state index contributed by atoms with van der Waals surface area (Å²) in [6.07, 6.45) is 2.96. The van der Waals surface area contributed by atoms with Gasteiger partial charge in [-0.2, -0.15) is 5.10 Å². The predicted molar refractivity (Wildman–Crippen MR) is 125 cm³/mol. The van der Waals surface area contributed by atoms with E-state index in [0.717, 1.165) is 40.4 Å². The number of amides is 2. The van der Waals surface area contributed by atoms with Crippen molar-refractivity contribution in [3.63, 3.8) is 0 Å². The molecular formula is C26H27N5O. The van der Waals surface area contributed by atoms with E-state index in [1.54, 1.807) is 0 Å². The van der Waals surface area contributed by atoms with E-state index in [-0.39, 0.29) is 12.1 Å². The fourth-order valence-electron chi connectivity index (χ4n) is 4.47. The van der Waals surface area contributed by atoms with Crippen LogP contribution in [0.5, 0.6) is 0 Å². The number of urea groups is 1. The van der Waals surface area contributed by atoms with Crippen LogP contribution in [0.2, 0.25) is 0 Å². The lowest BCUT2D eigenvalue weighted by atomic mass is 10.0. The van der Waals surface area contributed by atoms with Gasteiger partial charge in [0.05, 0.1) is 29.7 Å². The van der Waals surface area contributed by atoms with Crippen LogP contribution in [0.25, 0.3) is 11.5 Å². The highest BCUT2D eigenvalue weighted by atomic mass is 16.2. The second kappa shape index (κ2) is 8.38. The lowest BCUT2D eigenvalue weighted by Crippen LogP contribution is -2.42. The van der Waals surface area contributed by atoms with Crippen LogP contribution >= 0.6 is 0 Å². The summed E-state index contributed by atoms with van der Waals surface area (Å²) in [7, 11) is 0. The molecule has 0 saturated heterocycles. The topological polar surface area (TPSA) is 55.1 Å². The third kappa shape index (κ3) is 3.38. The van der Waals surface area contributed by atoms with E-state index in [1.165, 1.54) is 0 Å². The van der Waals surface area contributed by atoms with Gasteiger partial charge < -0.3 is 14.8 Å². The molecule has 6 nitrogen and oxygen atoms in total. The number of hydrogen-bond acceptors (Lipinski definition) is 2. The first kappa shape index (κ1) is 20.1. The molecule has 2 aromatic carbocycles. The molecule has 0 spiro atoms. The van der Waals surface area contributed by atoms with Crippen molar-refractivity contribution >= 4 is 6.03 Å². The molecule has 32 heavy (non-hydrogen) atoms. The molecule has 0 saturated carbocycles. The molecule has 0 bridgehead atoms. The van der Waals surface area contributed by atoms with Gasteiger partial charge in [0.25, 0.3) is 0 Å². The SMILES string of the molecule is CCCNC(=O)N1Cc2c(C)nn(-c3ccccc3)c2-n2cccc2[C@@H]1c1ccccc1. The summed E-state index contributed by atoms with van der Waals surface area (Å²) in [5.74, 6) is 0.987. The van der Waals surface area contributed by atoms with Crippen molar-refractivity contribution in [2.24, 2.45) is 0 Å². The van der Waals surface area contributed by atoms with E-state index < -0.39 is 0 Å². The normalized spacial score (nSPS) is 15.1. The van der Waals surface area contributed by atoms with Crippen LogP contribution < -0.4 is 5.32 Å². The Bertz CT molecular complexity index is 1230. The van der Waals surface area contributed by atoms with E-state index in [2.05, 4.69) is 53.3 Å². The first-order valence-electron chi connectivity index (χ1n) is 11.1. The van der Waals surface area contributed by atoms with Crippen molar-refractivity contribution in [3.05, 3.63) is 102 Å². The number of carbonyl (C=O) groups is 1. The average molecular weight is 426 g/mol. The summed E-state index contributed by atoms with van der Waals surface area (Å²) in [6, 6.07) is 24.3. The third-order valence-corrected chi connectivity index (χ3v) is 5.99. The van der Waals surface area contributed by atoms with Gasteiger partial charge in [0.2, 0.25) is 0 Å². The molecule has 1 N–H and O–H groups in total. The van der Waals surface area contributed by atoms with Crippen LogP contribution in [0.15, 0.2) is 79.0 Å². The van der Waals surface area contributed by atoms with Crippen molar-refractivity contribution in [1.82, 2.24) is 24.6 Å². The number of hydrogen-bond donors (Lipinski definition) is 1.